The Morgan fingerprint density at radius 3 is 2.90 bits per heavy atom. The molecule has 3 nitrogen and oxygen atoms in total. The molecule has 0 spiro atoms. The van der Waals surface area contributed by atoms with Gasteiger partial charge in [-0.05, 0) is 56.0 Å². The van der Waals surface area contributed by atoms with Crippen LogP contribution in [0, 0.1) is 17.1 Å². The monoisotopic (exact) mass is 287 g/mol. The Morgan fingerprint density at radius 2 is 2.14 bits per heavy atom. The minimum absolute atomic E-state index is 0.256. The Kier molecular flexibility index (Phi) is 4.52. The number of piperidine rings is 1. The Morgan fingerprint density at radius 1 is 1.29 bits per heavy atom. The summed E-state index contributed by atoms with van der Waals surface area (Å²) in [4.78, 5) is 2.41. The third-order valence-electron chi connectivity index (χ3n) is 4.53. The van der Waals surface area contributed by atoms with Crippen molar-refractivity contribution >= 4 is 0 Å². The van der Waals surface area contributed by atoms with E-state index in [1.165, 1.54) is 44.2 Å². The molecular formula is C17H22FN3. The molecule has 1 aromatic carbocycles. The first-order valence-electron chi connectivity index (χ1n) is 7.92. The van der Waals surface area contributed by atoms with Gasteiger partial charge in [0.15, 0.2) is 0 Å². The smallest absolute Gasteiger partial charge is 0.123 e. The van der Waals surface area contributed by atoms with Crippen molar-refractivity contribution in [2.75, 3.05) is 13.1 Å². The van der Waals surface area contributed by atoms with Crippen molar-refractivity contribution in [1.82, 2.24) is 10.2 Å². The normalized spacial score (nSPS) is 23.0. The maximum atomic E-state index is 13.5. The summed E-state index contributed by atoms with van der Waals surface area (Å²) < 4.78 is 13.5. The highest BCUT2D eigenvalue weighted by atomic mass is 19.1. The van der Waals surface area contributed by atoms with Crippen molar-refractivity contribution in [2.24, 2.45) is 0 Å². The van der Waals surface area contributed by atoms with Crippen LogP contribution in [-0.2, 0) is 6.54 Å². The predicted octanol–water partition coefficient (Wildman–Crippen LogP) is 2.80. The molecule has 4 heteroatoms. The van der Waals surface area contributed by atoms with Gasteiger partial charge in [-0.3, -0.25) is 4.90 Å². The Hall–Kier alpha value is -1.44. The third kappa shape index (κ3) is 3.81. The summed E-state index contributed by atoms with van der Waals surface area (Å²) >= 11 is 0. The molecule has 3 rings (SSSR count). The molecular weight excluding hydrogens is 265 g/mol. The second kappa shape index (κ2) is 6.55. The zero-order valence-electron chi connectivity index (χ0n) is 12.3. The molecule has 112 valence electrons. The topological polar surface area (TPSA) is 39.1 Å². The molecule has 0 amide bonds. The van der Waals surface area contributed by atoms with Crippen LogP contribution >= 0.6 is 0 Å². The van der Waals surface area contributed by atoms with Crippen LogP contribution in [0.3, 0.4) is 0 Å². The molecule has 1 aliphatic heterocycles. The van der Waals surface area contributed by atoms with Crippen LogP contribution in [0.2, 0.25) is 0 Å². The van der Waals surface area contributed by atoms with Gasteiger partial charge in [0.25, 0.3) is 0 Å². The van der Waals surface area contributed by atoms with Crippen LogP contribution in [0.1, 0.15) is 43.2 Å². The van der Waals surface area contributed by atoms with Crippen molar-refractivity contribution < 1.29 is 4.39 Å². The van der Waals surface area contributed by atoms with Gasteiger partial charge in [-0.1, -0.05) is 6.42 Å². The predicted molar refractivity (Wildman–Crippen MR) is 80.2 cm³/mol. The zero-order chi connectivity index (χ0) is 14.7. The van der Waals surface area contributed by atoms with E-state index < -0.39 is 0 Å². The molecule has 1 aliphatic carbocycles. The van der Waals surface area contributed by atoms with E-state index in [0.29, 0.717) is 18.2 Å². The molecule has 0 bridgehead atoms. The number of nitriles is 1. The van der Waals surface area contributed by atoms with Crippen molar-refractivity contribution in [2.45, 2.75) is 50.7 Å². The molecule has 1 saturated carbocycles. The largest absolute Gasteiger partial charge is 0.312 e. The summed E-state index contributed by atoms with van der Waals surface area (Å²) in [5.74, 6) is -0.256. The van der Waals surface area contributed by atoms with Gasteiger partial charge in [0, 0.05) is 25.2 Å². The Labute approximate surface area is 125 Å². The molecule has 0 radical (unpaired) electrons. The minimum Gasteiger partial charge on any atom is -0.312 e. The van der Waals surface area contributed by atoms with Crippen molar-refractivity contribution in [1.29, 1.82) is 5.26 Å². The first-order valence-corrected chi connectivity index (χ1v) is 7.92. The number of rotatable bonds is 5. The van der Waals surface area contributed by atoms with Gasteiger partial charge < -0.3 is 5.32 Å². The summed E-state index contributed by atoms with van der Waals surface area (Å²) in [6.07, 6.45) is 6.25. The number of benzene rings is 1. The van der Waals surface area contributed by atoms with E-state index in [1.807, 2.05) is 0 Å². The van der Waals surface area contributed by atoms with E-state index in [4.69, 9.17) is 0 Å². The van der Waals surface area contributed by atoms with Crippen molar-refractivity contribution in [3.05, 3.63) is 35.1 Å². The van der Waals surface area contributed by atoms with Crippen LogP contribution in [-0.4, -0.2) is 30.1 Å². The summed E-state index contributed by atoms with van der Waals surface area (Å²) in [5.41, 5.74) is 1.41. The molecule has 1 atom stereocenters. The second-order valence-electron chi connectivity index (χ2n) is 6.22. The molecule has 1 saturated heterocycles. The quantitative estimate of drug-likeness (QED) is 0.905. The molecule has 1 unspecified atom stereocenters. The molecule has 2 fully saturated rings. The van der Waals surface area contributed by atoms with Crippen LogP contribution < -0.4 is 5.32 Å². The highest BCUT2D eigenvalue weighted by molar-refractivity contribution is 5.37. The molecule has 0 aromatic heterocycles. The van der Waals surface area contributed by atoms with Crippen molar-refractivity contribution in [3.63, 3.8) is 0 Å². The second-order valence-corrected chi connectivity index (χ2v) is 6.22. The third-order valence-corrected chi connectivity index (χ3v) is 4.53. The number of hydrogen-bond donors (Lipinski definition) is 1. The minimum atomic E-state index is -0.256. The fourth-order valence-electron chi connectivity index (χ4n) is 3.11. The van der Waals surface area contributed by atoms with E-state index in [-0.39, 0.29) is 5.82 Å². The highest BCUT2D eigenvalue weighted by Crippen LogP contribution is 2.23. The standard InChI is InChI=1S/C17H22FN3/c18-15-5-4-13(10-19)14(9-15)12-21-8-2-1-3-17(21)11-20-16-6-7-16/h4-5,9,16-17,20H,1-3,6-8,11-12H2. The van der Waals surface area contributed by atoms with Gasteiger partial charge in [0.05, 0.1) is 11.6 Å². The lowest BCUT2D eigenvalue weighted by Crippen LogP contribution is -2.45. The fourth-order valence-corrected chi connectivity index (χ4v) is 3.11. The number of likely N-dealkylation sites (tertiary alicyclic amines) is 1. The van der Waals surface area contributed by atoms with E-state index in [9.17, 15) is 9.65 Å². The summed E-state index contributed by atoms with van der Waals surface area (Å²) in [6.45, 7) is 2.73. The summed E-state index contributed by atoms with van der Waals surface area (Å²) in [5, 5.41) is 12.8. The lowest BCUT2D eigenvalue weighted by atomic mass is 9.99. The number of hydrogen-bond acceptors (Lipinski definition) is 3. The summed E-state index contributed by atoms with van der Waals surface area (Å²) in [7, 11) is 0. The molecule has 1 heterocycles. The Balaban J connectivity index is 1.68. The number of halogens is 1. The van der Waals surface area contributed by atoms with Gasteiger partial charge in [-0.25, -0.2) is 4.39 Å². The van der Waals surface area contributed by atoms with Gasteiger partial charge in [-0.2, -0.15) is 5.26 Å². The van der Waals surface area contributed by atoms with Crippen LogP contribution in [0.15, 0.2) is 18.2 Å². The van der Waals surface area contributed by atoms with E-state index in [2.05, 4.69) is 16.3 Å². The van der Waals surface area contributed by atoms with Gasteiger partial charge in [0.2, 0.25) is 0 Å². The average molecular weight is 287 g/mol. The molecule has 1 aromatic rings. The maximum Gasteiger partial charge on any atom is 0.123 e. The van der Waals surface area contributed by atoms with E-state index in [1.54, 1.807) is 6.07 Å². The molecule has 1 N–H and O–H groups in total. The summed E-state index contributed by atoms with van der Waals surface area (Å²) in [6, 6.07) is 7.87. The molecule has 2 aliphatic rings. The number of nitrogens with one attached hydrogen (secondary N) is 1. The fraction of sp³-hybridized carbons (Fsp3) is 0.588. The van der Waals surface area contributed by atoms with Gasteiger partial charge in [0.1, 0.15) is 5.82 Å². The first-order chi connectivity index (χ1) is 10.3. The van der Waals surface area contributed by atoms with Crippen LogP contribution in [0.4, 0.5) is 4.39 Å². The first kappa shape index (κ1) is 14.5. The average Bonchev–Trinajstić information content (AvgIpc) is 3.31. The van der Waals surface area contributed by atoms with E-state index in [0.717, 1.165) is 24.7 Å². The SMILES string of the molecule is N#Cc1ccc(F)cc1CN1CCCCC1CNC1CC1. The van der Waals surface area contributed by atoms with E-state index >= 15 is 0 Å². The Bertz CT molecular complexity index is 533. The number of nitrogens with zero attached hydrogens (tertiary/aromatic N) is 2. The van der Waals surface area contributed by atoms with Crippen LogP contribution in [0.5, 0.6) is 0 Å². The maximum absolute atomic E-state index is 13.5. The highest BCUT2D eigenvalue weighted by Gasteiger charge is 2.26. The zero-order valence-corrected chi connectivity index (χ0v) is 12.3. The molecule has 21 heavy (non-hydrogen) atoms. The van der Waals surface area contributed by atoms with Gasteiger partial charge in [-0.15, -0.1) is 0 Å². The van der Waals surface area contributed by atoms with Gasteiger partial charge >= 0.3 is 0 Å². The van der Waals surface area contributed by atoms with Crippen LogP contribution in [0.25, 0.3) is 0 Å². The lowest BCUT2D eigenvalue weighted by Gasteiger charge is -2.36. The van der Waals surface area contributed by atoms with Crippen molar-refractivity contribution in [3.8, 4) is 6.07 Å². The lowest BCUT2D eigenvalue weighted by molar-refractivity contribution is 0.137.